The highest BCUT2D eigenvalue weighted by atomic mass is 79.9. The van der Waals surface area contributed by atoms with E-state index in [-0.39, 0.29) is 28.0 Å². The maximum Gasteiger partial charge on any atom is 0.341 e. The van der Waals surface area contributed by atoms with Crippen LogP contribution in [-0.4, -0.2) is 48.9 Å². The van der Waals surface area contributed by atoms with Gasteiger partial charge < -0.3 is 19.9 Å². The van der Waals surface area contributed by atoms with Crippen LogP contribution in [0, 0.1) is 5.92 Å². The van der Waals surface area contributed by atoms with Crippen LogP contribution < -0.4 is 20.2 Å². The van der Waals surface area contributed by atoms with E-state index in [1.54, 1.807) is 50.2 Å². The summed E-state index contributed by atoms with van der Waals surface area (Å²) in [6.07, 6.45) is 1.37. The number of hydrogen-bond acceptors (Lipinski definition) is 6. The standard InChI is InChI=1S/C22H23BrClN3O6/c1-12(2)19(26-21(30)14-6-4-5-7-16(14)24)22(31)27-25-10-13-8-15(23)20(17(9-13)32-3)33-11-18(28)29/h4-10,12,19H,11H2,1-3H3,(H,26,30)(H,27,31)(H,28,29)/b25-10+. The zero-order valence-corrected chi connectivity index (χ0v) is 20.4. The van der Waals surface area contributed by atoms with Crippen LogP contribution in [0.3, 0.4) is 0 Å². The largest absolute Gasteiger partial charge is 0.493 e. The number of carbonyl (C=O) groups excluding carboxylic acids is 2. The molecular weight excluding hydrogens is 518 g/mol. The fourth-order valence-corrected chi connectivity index (χ4v) is 3.52. The summed E-state index contributed by atoms with van der Waals surface area (Å²) in [5.41, 5.74) is 3.22. The van der Waals surface area contributed by atoms with Crippen molar-refractivity contribution in [1.29, 1.82) is 0 Å². The molecule has 0 bridgehead atoms. The normalized spacial score (nSPS) is 11.8. The molecule has 0 saturated carbocycles. The molecule has 0 fully saturated rings. The van der Waals surface area contributed by atoms with Crippen LogP contribution in [-0.2, 0) is 9.59 Å². The Morgan fingerprint density at radius 3 is 2.55 bits per heavy atom. The number of nitrogens with one attached hydrogen (secondary N) is 2. The molecule has 2 rings (SSSR count). The molecule has 0 radical (unpaired) electrons. The number of hydrazone groups is 1. The molecule has 0 spiro atoms. The highest BCUT2D eigenvalue weighted by Gasteiger charge is 2.25. The molecule has 2 aromatic rings. The smallest absolute Gasteiger partial charge is 0.341 e. The van der Waals surface area contributed by atoms with E-state index >= 15 is 0 Å². The third kappa shape index (κ3) is 7.47. The molecule has 0 aliphatic rings. The van der Waals surface area contributed by atoms with Crippen molar-refractivity contribution < 1.29 is 29.0 Å². The van der Waals surface area contributed by atoms with Crippen LogP contribution in [0.4, 0.5) is 0 Å². The number of nitrogens with zero attached hydrogens (tertiary/aromatic N) is 1. The Morgan fingerprint density at radius 1 is 1.24 bits per heavy atom. The number of carboxylic acids is 1. The lowest BCUT2D eigenvalue weighted by molar-refractivity contribution is -0.139. The van der Waals surface area contributed by atoms with Gasteiger partial charge in [0.05, 0.1) is 28.4 Å². The van der Waals surface area contributed by atoms with Gasteiger partial charge in [-0.2, -0.15) is 5.10 Å². The molecule has 0 heterocycles. The molecule has 0 aliphatic heterocycles. The number of halogens is 2. The van der Waals surface area contributed by atoms with Gasteiger partial charge in [-0.15, -0.1) is 0 Å². The number of aliphatic carboxylic acids is 1. The van der Waals surface area contributed by atoms with Gasteiger partial charge in [-0.1, -0.05) is 37.6 Å². The van der Waals surface area contributed by atoms with Crippen LogP contribution in [0.5, 0.6) is 11.5 Å². The van der Waals surface area contributed by atoms with Gasteiger partial charge in [0.25, 0.3) is 11.8 Å². The first kappa shape index (κ1) is 26.1. The molecule has 2 aromatic carbocycles. The fourth-order valence-electron chi connectivity index (χ4n) is 2.73. The number of benzene rings is 2. The molecule has 2 amide bonds. The van der Waals surface area contributed by atoms with Crippen LogP contribution in [0.2, 0.25) is 5.02 Å². The molecule has 176 valence electrons. The number of carbonyl (C=O) groups is 3. The van der Waals surface area contributed by atoms with Crippen molar-refractivity contribution in [2.24, 2.45) is 11.0 Å². The van der Waals surface area contributed by atoms with E-state index in [0.29, 0.717) is 10.0 Å². The van der Waals surface area contributed by atoms with Crippen molar-refractivity contribution >= 4 is 51.5 Å². The summed E-state index contributed by atoms with van der Waals surface area (Å²) < 4.78 is 10.9. The number of rotatable bonds is 10. The lowest BCUT2D eigenvalue weighted by atomic mass is 10.0. The molecule has 0 saturated heterocycles. The summed E-state index contributed by atoms with van der Waals surface area (Å²) in [5.74, 6) is -1.81. The average molecular weight is 541 g/mol. The fraction of sp³-hybridized carbons (Fsp3) is 0.273. The third-order valence-corrected chi connectivity index (χ3v) is 5.25. The van der Waals surface area contributed by atoms with E-state index in [0.717, 1.165) is 0 Å². The monoisotopic (exact) mass is 539 g/mol. The van der Waals surface area contributed by atoms with E-state index in [1.807, 2.05) is 0 Å². The van der Waals surface area contributed by atoms with Crippen LogP contribution in [0.1, 0.15) is 29.8 Å². The Bertz CT molecular complexity index is 1060. The Kier molecular flexibility index (Phi) is 9.68. The maximum absolute atomic E-state index is 12.6. The van der Waals surface area contributed by atoms with E-state index in [2.05, 4.69) is 31.8 Å². The number of amides is 2. The van der Waals surface area contributed by atoms with Crippen molar-refractivity contribution in [2.45, 2.75) is 19.9 Å². The van der Waals surface area contributed by atoms with Crippen LogP contribution in [0.15, 0.2) is 46.0 Å². The Hall–Kier alpha value is -3.11. The van der Waals surface area contributed by atoms with Gasteiger partial charge in [-0.3, -0.25) is 9.59 Å². The summed E-state index contributed by atoms with van der Waals surface area (Å²) in [5, 5.41) is 15.7. The van der Waals surface area contributed by atoms with Crippen LogP contribution >= 0.6 is 27.5 Å². The minimum absolute atomic E-state index is 0.216. The van der Waals surface area contributed by atoms with E-state index < -0.39 is 30.4 Å². The Balaban J connectivity index is 2.10. The van der Waals surface area contributed by atoms with E-state index in [1.165, 1.54) is 13.3 Å². The van der Waals surface area contributed by atoms with E-state index in [9.17, 15) is 14.4 Å². The first-order valence-electron chi connectivity index (χ1n) is 9.74. The first-order valence-corrected chi connectivity index (χ1v) is 10.9. The van der Waals surface area contributed by atoms with Crippen molar-refractivity contribution in [3.63, 3.8) is 0 Å². The second-order valence-corrected chi connectivity index (χ2v) is 8.39. The molecule has 0 aromatic heterocycles. The highest BCUT2D eigenvalue weighted by Crippen LogP contribution is 2.36. The van der Waals surface area contributed by atoms with Crippen molar-refractivity contribution in [2.75, 3.05) is 13.7 Å². The van der Waals surface area contributed by atoms with Gasteiger partial charge >= 0.3 is 5.97 Å². The second-order valence-electron chi connectivity index (χ2n) is 7.13. The molecule has 3 N–H and O–H groups in total. The SMILES string of the molecule is COc1cc(/C=N/NC(=O)C(NC(=O)c2ccccc2Cl)C(C)C)cc(Br)c1OCC(=O)O. The predicted molar refractivity (Wildman–Crippen MR) is 127 cm³/mol. The molecule has 1 atom stereocenters. The summed E-state index contributed by atoms with van der Waals surface area (Å²) >= 11 is 9.36. The van der Waals surface area contributed by atoms with Crippen LogP contribution in [0.25, 0.3) is 0 Å². The van der Waals surface area contributed by atoms with Crippen molar-refractivity contribution in [3.8, 4) is 11.5 Å². The second kappa shape index (κ2) is 12.2. The highest BCUT2D eigenvalue weighted by molar-refractivity contribution is 9.10. The van der Waals surface area contributed by atoms with Gasteiger partial charge in [0.2, 0.25) is 0 Å². The maximum atomic E-state index is 12.6. The average Bonchev–Trinajstić information content (AvgIpc) is 2.76. The molecular formula is C22H23BrClN3O6. The van der Waals surface area contributed by atoms with Gasteiger partial charge in [-0.25, -0.2) is 10.2 Å². The molecule has 1 unspecified atom stereocenters. The summed E-state index contributed by atoms with van der Waals surface area (Å²) in [6, 6.07) is 8.89. The molecule has 0 aliphatic carbocycles. The van der Waals surface area contributed by atoms with Gasteiger partial charge in [0, 0.05) is 0 Å². The Labute approximate surface area is 204 Å². The summed E-state index contributed by atoms with van der Waals surface area (Å²) in [4.78, 5) is 35.9. The van der Waals surface area contributed by atoms with Gasteiger partial charge in [-0.05, 0) is 51.7 Å². The summed E-state index contributed by atoms with van der Waals surface area (Å²) in [7, 11) is 1.41. The topological polar surface area (TPSA) is 126 Å². The lowest BCUT2D eigenvalue weighted by Gasteiger charge is -2.20. The number of methoxy groups -OCH3 is 1. The zero-order chi connectivity index (χ0) is 24.5. The van der Waals surface area contributed by atoms with Crippen molar-refractivity contribution in [1.82, 2.24) is 10.7 Å². The summed E-state index contributed by atoms with van der Waals surface area (Å²) in [6.45, 7) is 3.05. The van der Waals surface area contributed by atoms with E-state index in [4.69, 9.17) is 26.2 Å². The molecule has 11 heteroatoms. The minimum Gasteiger partial charge on any atom is -0.493 e. The van der Waals surface area contributed by atoms with Crippen molar-refractivity contribution in [3.05, 3.63) is 57.0 Å². The van der Waals surface area contributed by atoms with Gasteiger partial charge in [0.15, 0.2) is 18.1 Å². The predicted octanol–water partition coefficient (Wildman–Crippen LogP) is 3.48. The molecule has 9 nitrogen and oxygen atoms in total. The lowest BCUT2D eigenvalue weighted by Crippen LogP contribution is -2.48. The number of carboxylic acid groups (broad SMARTS) is 1. The number of ether oxygens (including phenoxy) is 2. The molecule has 33 heavy (non-hydrogen) atoms. The minimum atomic E-state index is -1.13. The Morgan fingerprint density at radius 2 is 1.94 bits per heavy atom. The van der Waals surface area contributed by atoms with Gasteiger partial charge in [0.1, 0.15) is 6.04 Å². The zero-order valence-electron chi connectivity index (χ0n) is 18.1. The number of hydrogen-bond donors (Lipinski definition) is 3. The first-order chi connectivity index (χ1) is 15.6. The third-order valence-electron chi connectivity index (χ3n) is 4.33. The quantitative estimate of drug-likeness (QED) is 0.313.